The first kappa shape index (κ1) is 9.26. The Bertz CT molecular complexity index is 351. The van der Waals surface area contributed by atoms with Gasteiger partial charge in [-0.1, -0.05) is 24.8 Å². The van der Waals surface area contributed by atoms with Crippen LogP contribution in [-0.4, -0.2) is 6.72 Å². The van der Waals surface area contributed by atoms with Crippen LogP contribution in [0.15, 0.2) is 48.1 Å². The lowest BCUT2D eigenvalue weighted by Crippen LogP contribution is -1.86. The molecule has 0 aliphatic heterocycles. The zero-order chi connectivity index (χ0) is 9.68. The molecule has 66 valence electrons. The predicted molar refractivity (Wildman–Crippen MR) is 58.6 cm³/mol. The summed E-state index contributed by atoms with van der Waals surface area (Å²) in [6.07, 6.45) is 3.38. The number of aliphatic imine (C=N–C) groups is 1. The third kappa shape index (κ3) is 2.30. The molecule has 2 N–H and O–H groups in total. The number of hydrogen-bond donors (Lipinski definition) is 1. The van der Waals surface area contributed by atoms with Crippen LogP contribution < -0.4 is 5.73 Å². The zero-order valence-corrected chi connectivity index (χ0v) is 7.40. The summed E-state index contributed by atoms with van der Waals surface area (Å²) in [5.41, 5.74) is 8.29. The van der Waals surface area contributed by atoms with Gasteiger partial charge in [0.15, 0.2) is 0 Å². The van der Waals surface area contributed by atoms with Crippen molar-refractivity contribution in [1.82, 2.24) is 0 Å². The molecule has 0 spiro atoms. The largest absolute Gasteiger partial charge is 0.399 e. The molecule has 0 bridgehead atoms. The summed E-state index contributed by atoms with van der Waals surface area (Å²) in [6, 6.07) is 7.56. The molecule has 2 heteroatoms. The van der Waals surface area contributed by atoms with E-state index in [1.807, 2.05) is 24.3 Å². The Morgan fingerprint density at radius 2 is 2.23 bits per heavy atom. The lowest BCUT2D eigenvalue weighted by Gasteiger charge is -2.01. The Balaban J connectivity index is 3.12. The van der Waals surface area contributed by atoms with Gasteiger partial charge in [0.25, 0.3) is 0 Å². The molecule has 13 heavy (non-hydrogen) atoms. The van der Waals surface area contributed by atoms with E-state index in [0.717, 1.165) is 16.8 Å². The van der Waals surface area contributed by atoms with Gasteiger partial charge in [-0.3, -0.25) is 4.99 Å². The van der Waals surface area contributed by atoms with Crippen LogP contribution in [-0.2, 0) is 0 Å². The first-order valence-corrected chi connectivity index (χ1v) is 3.92. The number of nitrogen functional groups attached to an aromatic ring is 1. The highest BCUT2D eigenvalue weighted by atomic mass is 14.6. The number of anilines is 1. The van der Waals surface area contributed by atoms with E-state index < -0.39 is 0 Å². The van der Waals surface area contributed by atoms with Gasteiger partial charge in [0.05, 0.1) is 0 Å². The molecule has 0 saturated carbocycles. The van der Waals surface area contributed by atoms with Crippen LogP contribution in [0.25, 0.3) is 5.57 Å². The number of nitrogens with zero attached hydrogens (tertiary/aromatic N) is 1. The monoisotopic (exact) mass is 172 g/mol. The maximum atomic E-state index is 5.64. The quantitative estimate of drug-likeness (QED) is 0.424. The molecule has 0 saturated heterocycles. The normalized spacial score (nSPS) is 10.9. The fourth-order valence-corrected chi connectivity index (χ4v) is 1.06. The molecular formula is C11H12N2. The molecule has 0 fully saturated rings. The van der Waals surface area contributed by atoms with Crippen molar-refractivity contribution in [2.45, 2.75) is 0 Å². The summed E-state index contributed by atoms with van der Waals surface area (Å²) in [6.45, 7) is 7.08. The van der Waals surface area contributed by atoms with Crippen LogP contribution in [0.2, 0.25) is 0 Å². The van der Waals surface area contributed by atoms with Gasteiger partial charge in [0.1, 0.15) is 0 Å². The SMILES string of the molecule is C=C/C(=C\N=C)c1cccc(N)c1. The molecule has 0 aliphatic rings. The molecular weight excluding hydrogens is 160 g/mol. The van der Waals surface area contributed by atoms with Crippen molar-refractivity contribution >= 4 is 18.0 Å². The standard InChI is InChI=1S/C11H12N2/c1-3-9(8-13-2)10-5-4-6-11(12)7-10/h3-8H,1-2,12H2/b9-8+. The molecule has 1 aromatic carbocycles. The number of rotatable bonds is 3. The summed E-state index contributed by atoms with van der Waals surface area (Å²) in [5, 5.41) is 0. The summed E-state index contributed by atoms with van der Waals surface area (Å²) in [5.74, 6) is 0. The fourth-order valence-electron chi connectivity index (χ4n) is 1.06. The summed E-state index contributed by atoms with van der Waals surface area (Å²) in [4.78, 5) is 3.69. The van der Waals surface area contributed by atoms with E-state index in [4.69, 9.17) is 5.73 Å². The van der Waals surface area contributed by atoms with Crippen LogP contribution in [0.1, 0.15) is 5.56 Å². The van der Waals surface area contributed by atoms with Crippen LogP contribution in [0, 0.1) is 0 Å². The fraction of sp³-hybridized carbons (Fsp3) is 0. The molecule has 1 rings (SSSR count). The molecule has 1 aromatic rings. The minimum atomic E-state index is 0.731. The molecule has 0 aliphatic carbocycles. The van der Waals surface area contributed by atoms with Gasteiger partial charge < -0.3 is 5.73 Å². The van der Waals surface area contributed by atoms with Crippen LogP contribution >= 0.6 is 0 Å². The Kier molecular flexibility index (Phi) is 3.03. The molecule has 0 atom stereocenters. The van der Waals surface area contributed by atoms with Gasteiger partial charge in [-0.05, 0) is 30.0 Å². The van der Waals surface area contributed by atoms with Gasteiger partial charge >= 0.3 is 0 Å². The lowest BCUT2D eigenvalue weighted by atomic mass is 10.1. The molecule has 2 nitrogen and oxygen atoms in total. The van der Waals surface area contributed by atoms with Crippen molar-refractivity contribution in [1.29, 1.82) is 0 Å². The smallest absolute Gasteiger partial charge is 0.0338 e. The van der Waals surface area contributed by atoms with E-state index >= 15 is 0 Å². The second kappa shape index (κ2) is 4.26. The van der Waals surface area contributed by atoms with Gasteiger partial charge in [-0.15, -0.1) is 0 Å². The summed E-state index contributed by atoms with van der Waals surface area (Å²) >= 11 is 0. The van der Waals surface area contributed by atoms with Crippen LogP contribution in [0.4, 0.5) is 5.69 Å². The van der Waals surface area contributed by atoms with Crippen molar-refractivity contribution in [2.75, 3.05) is 5.73 Å². The topological polar surface area (TPSA) is 38.4 Å². The average Bonchev–Trinajstić information content (AvgIpc) is 2.14. The number of nitrogens with two attached hydrogens (primary N) is 1. The van der Waals surface area contributed by atoms with E-state index in [2.05, 4.69) is 18.3 Å². The first-order chi connectivity index (χ1) is 6.27. The minimum Gasteiger partial charge on any atom is -0.399 e. The first-order valence-electron chi connectivity index (χ1n) is 3.92. The van der Waals surface area contributed by atoms with Crippen LogP contribution in [0.3, 0.4) is 0 Å². The summed E-state index contributed by atoms with van der Waals surface area (Å²) in [7, 11) is 0. The third-order valence-corrected chi connectivity index (χ3v) is 1.67. The molecule has 0 aromatic heterocycles. The number of hydrogen-bond acceptors (Lipinski definition) is 2. The Morgan fingerprint density at radius 1 is 1.46 bits per heavy atom. The van der Waals surface area contributed by atoms with E-state index in [0.29, 0.717) is 0 Å². The number of allylic oxidation sites excluding steroid dienone is 2. The molecule has 0 amide bonds. The predicted octanol–water partition coefficient (Wildman–Crippen LogP) is 2.50. The van der Waals surface area contributed by atoms with E-state index in [1.165, 1.54) is 0 Å². The Labute approximate surface area is 78.1 Å². The zero-order valence-electron chi connectivity index (χ0n) is 7.40. The highest BCUT2D eigenvalue weighted by Gasteiger charge is 1.96. The highest BCUT2D eigenvalue weighted by Crippen LogP contribution is 2.17. The van der Waals surface area contributed by atoms with E-state index in [-0.39, 0.29) is 0 Å². The second-order valence-electron chi connectivity index (χ2n) is 2.60. The van der Waals surface area contributed by atoms with Crippen molar-refractivity contribution < 1.29 is 0 Å². The minimum absolute atomic E-state index is 0.731. The maximum Gasteiger partial charge on any atom is 0.0338 e. The van der Waals surface area contributed by atoms with E-state index in [9.17, 15) is 0 Å². The van der Waals surface area contributed by atoms with Crippen molar-refractivity contribution in [2.24, 2.45) is 4.99 Å². The molecule has 0 heterocycles. The van der Waals surface area contributed by atoms with Gasteiger partial charge in [-0.25, -0.2) is 0 Å². The van der Waals surface area contributed by atoms with Gasteiger partial charge in [-0.2, -0.15) is 0 Å². The lowest BCUT2D eigenvalue weighted by molar-refractivity contribution is 1.56. The van der Waals surface area contributed by atoms with Crippen molar-refractivity contribution in [3.05, 3.63) is 48.7 Å². The Hall–Kier alpha value is -1.83. The Morgan fingerprint density at radius 3 is 2.77 bits per heavy atom. The second-order valence-corrected chi connectivity index (χ2v) is 2.60. The molecule has 0 radical (unpaired) electrons. The van der Waals surface area contributed by atoms with Gasteiger partial charge in [0.2, 0.25) is 0 Å². The number of benzene rings is 1. The van der Waals surface area contributed by atoms with Crippen molar-refractivity contribution in [3.8, 4) is 0 Å². The maximum absolute atomic E-state index is 5.64. The average molecular weight is 172 g/mol. The van der Waals surface area contributed by atoms with Crippen LogP contribution in [0.5, 0.6) is 0 Å². The highest BCUT2D eigenvalue weighted by molar-refractivity contribution is 5.75. The molecule has 0 unspecified atom stereocenters. The third-order valence-electron chi connectivity index (χ3n) is 1.67. The summed E-state index contributed by atoms with van der Waals surface area (Å²) < 4.78 is 0. The van der Waals surface area contributed by atoms with E-state index in [1.54, 1.807) is 12.3 Å². The van der Waals surface area contributed by atoms with Gasteiger partial charge in [0, 0.05) is 11.9 Å². The van der Waals surface area contributed by atoms with Crippen molar-refractivity contribution in [3.63, 3.8) is 0 Å².